The molecule has 3 rings (SSSR count). The fraction of sp³-hybridized carbons (Fsp3) is 0.231. The van der Waals surface area contributed by atoms with E-state index in [1.54, 1.807) is 18.5 Å². The van der Waals surface area contributed by atoms with Gasteiger partial charge in [0.15, 0.2) is 0 Å². The predicted octanol–water partition coefficient (Wildman–Crippen LogP) is 2.40. The van der Waals surface area contributed by atoms with Gasteiger partial charge < -0.3 is 10.1 Å². The number of benzene rings is 1. The van der Waals surface area contributed by atoms with Gasteiger partial charge >= 0.3 is 5.97 Å². The van der Waals surface area contributed by atoms with Gasteiger partial charge in [-0.1, -0.05) is 29.3 Å². The zero-order chi connectivity index (χ0) is 14.3. The van der Waals surface area contributed by atoms with Crippen LogP contribution in [0.1, 0.15) is 23.0 Å². The quantitative estimate of drug-likeness (QED) is 0.796. The number of carbonyl (C=O) groups is 1. The standard InChI is InChI=1S/C13H11Cl2N3O2/c14-7-2-1-6(3-8(7)15)11-12-9(16-5-17-12)4-10(18-11)13(19)20/h1-3,5,10-11,18H,4H2,(H,16,17)(H,19,20)/t10-,11+/m0/s1. The number of aliphatic carboxylic acids is 1. The largest absolute Gasteiger partial charge is 0.480 e. The van der Waals surface area contributed by atoms with Gasteiger partial charge in [-0.25, -0.2) is 4.98 Å². The second-order valence-corrected chi connectivity index (χ2v) is 5.45. The van der Waals surface area contributed by atoms with E-state index >= 15 is 0 Å². The van der Waals surface area contributed by atoms with Crippen molar-refractivity contribution in [1.82, 2.24) is 15.3 Å². The van der Waals surface area contributed by atoms with Crippen molar-refractivity contribution in [2.75, 3.05) is 0 Å². The van der Waals surface area contributed by atoms with E-state index in [0.717, 1.165) is 17.0 Å². The second-order valence-electron chi connectivity index (χ2n) is 4.63. The topological polar surface area (TPSA) is 78.0 Å². The number of carboxylic acid groups (broad SMARTS) is 1. The first-order chi connectivity index (χ1) is 9.56. The second kappa shape index (κ2) is 5.09. The van der Waals surface area contributed by atoms with Gasteiger partial charge in [-0.15, -0.1) is 0 Å². The van der Waals surface area contributed by atoms with Crippen LogP contribution in [0.15, 0.2) is 24.5 Å². The molecule has 0 spiro atoms. The molecule has 0 saturated heterocycles. The zero-order valence-corrected chi connectivity index (χ0v) is 11.7. The molecule has 2 heterocycles. The number of aromatic amines is 1. The van der Waals surface area contributed by atoms with E-state index in [1.807, 2.05) is 6.07 Å². The number of carboxylic acids is 1. The normalized spacial score (nSPS) is 21.5. The summed E-state index contributed by atoms with van der Waals surface area (Å²) in [6.45, 7) is 0. The monoisotopic (exact) mass is 311 g/mol. The third kappa shape index (κ3) is 2.28. The molecule has 2 aromatic rings. The minimum absolute atomic E-state index is 0.319. The predicted molar refractivity (Wildman–Crippen MR) is 75.2 cm³/mol. The maximum Gasteiger partial charge on any atom is 0.321 e. The van der Waals surface area contributed by atoms with Gasteiger partial charge in [0, 0.05) is 12.1 Å². The summed E-state index contributed by atoms with van der Waals surface area (Å²) in [5, 5.41) is 13.2. The number of nitrogens with one attached hydrogen (secondary N) is 2. The Morgan fingerprint density at radius 1 is 1.35 bits per heavy atom. The maximum absolute atomic E-state index is 11.2. The molecule has 104 valence electrons. The minimum atomic E-state index is -0.893. The van der Waals surface area contributed by atoms with E-state index < -0.39 is 12.0 Å². The molecule has 0 radical (unpaired) electrons. The van der Waals surface area contributed by atoms with E-state index in [1.165, 1.54) is 0 Å². The molecular formula is C13H11Cl2N3O2. The molecule has 0 fully saturated rings. The van der Waals surface area contributed by atoms with Gasteiger partial charge in [0.25, 0.3) is 0 Å². The van der Waals surface area contributed by atoms with Crippen LogP contribution in [0.4, 0.5) is 0 Å². The van der Waals surface area contributed by atoms with Crippen molar-refractivity contribution < 1.29 is 9.90 Å². The number of hydrogen-bond donors (Lipinski definition) is 3. The molecule has 0 bridgehead atoms. The fourth-order valence-corrected chi connectivity index (χ4v) is 2.70. The lowest BCUT2D eigenvalue weighted by Crippen LogP contribution is -2.45. The summed E-state index contributed by atoms with van der Waals surface area (Å²) in [4.78, 5) is 18.5. The summed E-state index contributed by atoms with van der Waals surface area (Å²) < 4.78 is 0. The zero-order valence-electron chi connectivity index (χ0n) is 10.2. The van der Waals surface area contributed by atoms with Gasteiger partial charge in [-0.05, 0) is 17.7 Å². The number of rotatable bonds is 2. The van der Waals surface area contributed by atoms with Gasteiger partial charge in [0.2, 0.25) is 0 Å². The van der Waals surface area contributed by atoms with Crippen LogP contribution in [-0.4, -0.2) is 27.1 Å². The Labute approximate surface area is 124 Å². The summed E-state index contributed by atoms with van der Waals surface area (Å²) >= 11 is 11.9. The fourth-order valence-electron chi connectivity index (χ4n) is 2.39. The summed E-state index contributed by atoms with van der Waals surface area (Å²) in [5.41, 5.74) is 2.45. The van der Waals surface area contributed by atoms with Crippen molar-refractivity contribution in [3.8, 4) is 0 Å². The molecule has 1 aliphatic rings. The lowest BCUT2D eigenvalue weighted by atomic mass is 9.94. The molecule has 1 aliphatic heterocycles. The van der Waals surface area contributed by atoms with Crippen LogP contribution in [0.2, 0.25) is 10.0 Å². The maximum atomic E-state index is 11.2. The van der Waals surface area contributed by atoms with Gasteiger partial charge in [0.1, 0.15) is 6.04 Å². The third-order valence-corrected chi connectivity index (χ3v) is 4.12. The Morgan fingerprint density at radius 2 is 2.15 bits per heavy atom. The molecule has 0 amide bonds. The summed E-state index contributed by atoms with van der Waals surface area (Å²) in [7, 11) is 0. The van der Waals surface area contributed by atoms with Crippen molar-refractivity contribution in [3.05, 3.63) is 51.5 Å². The van der Waals surface area contributed by atoms with E-state index in [-0.39, 0.29) is 6.04 Å². The lowest BCUT2D eigenvalue weighted by Gasteiger charge is -2.28. The highest BCUT2D eigenvalue weighted by molar-refractivity contribution is 6.42. The van der Waals surface area contributed by atoms with E-state index in [0.29, 0.717) is 16.5 Å². The van der Waals surface area contributed by atoms with Gasteiger partial charge in [-0.3, -0.25) is 10.1 Å². The highest BCUT2D eigenvalue weighted by Crippen LogP contribution is 2.32. The molecule has 7 heteroatoms. The van der Waals surface area contributed by atoms with Crippen LogP contribution in [-0.2, 0) is 11.2 Å². The molecule has 0 saturated carbocycles. The summed E-state index contributed by atoms with van der Waals surface area (Å²) in [6, 6.07) is 4.25. The number of nitrogens with zero attached hydrogens (tertiary/aromatic N) is 1. The van der Waals surface area contributed by atoms with Crippen LogP contribution < -0.4 is 5.32 Å². The molecule has 1 aromatic heterocycles. The Hall–Kier alpha value is -1.56. The summed E-state index contributed by atoms with van der Waals surface area (Å²) in [6.07, 6.45) is 1.95. The highest BCUT2D eigenvalue weighted by atomic mass is 35.5. The van der Waals surface area contributed by atoms with Crippen molar-refractivity contribution >= 4 is 29.2 Å². The molecule has 20 heavy (non-hydrogen) atoms. The highest BCUT2D eigenvalue weighted by Gasteiger charge is 2.33. The van der Waals surface area contributed by atoms with Crippen LogP contribution in [0.25, 0.3) is 0 Å². The van der Waals surface area contributed by atoms with Crippen LogP contribution in [0.3, 0.4) is 0 Å². The Kier molecular flexibility index (Phi) is 3.41. The average Bonchev–Trinajstić information content (AvgIpc) is 2.89. The molecule has 5 nitrogen and oxygen atoms in total. The lowest BCUT2D eigenvalue weighted by molar-refractivity contribution is -0.139. The Morgan fingerprint density at radius 3 is 2.85 bits per heavy atom. The first-order valence-corrected chi connectivity index (χ1v) is 6.78. The SMILES string of the molecule is O=C(O)[C@@H]1Cc2[nH]cnc2[C@@H](c2ccc(Cl)c(Cl)c2)N1. The smallest absolute Gasteiger partial charge is 0.321 e. The number of hydrogen-bond acceptors (Lipinski definition) is 3. The average molecular weight is 312 g/mol. The number of H-pyrrole nitrogens is 1. The first-order valence-electron chi connectivity index (χ1n) is 6.02. The molecule has 1 aromatic carbocycles. The molecule has 3 N–H and O–H groups in total. The molecule has 0 aliphatic carbocycles. The Bertz CT molecular complexity index is 671. The molecule has 0 unspecified atom stereocenters. The van der Waals surface area contributed by atoms with Crippen LogP contribution in [0.5, 0.6) is 0 Å². The van der Waals surface area contributed by atoms with Crippen LogP contribution in [0, 0.1) is 0 Å². The number of halogens is 2. The van der Waals surface area contributed by atoms with E-state index in [4.69, 9.17) is 23.2 Å². The van der Waals surface area contributed by atoms with Crippen LogP contribution >= 0.6 is 23.2 Å². The summed E-state index contributed by atoms with van der Waals surface area (Å²) in [5.74, 6) is -0.893. The molecular weight excluding hydrogens is 301 g/mol. The van der Waals surface area contributed by atoms with E-state index in [2.05, 4.69) is 15.3 Å². The van der Waals surface area contributed by atoms with Crippen molar-refractivity contribution in [1.29, 1.82) is 0 Å². The number of fused-ring (bicyclic) bond motifs is 1. The van der Waals surface area contributed by atoms with Crippen molar-refractivity contribution in [3.63, 3.8) is 0 Å². The third-order valence-electron chi connectivity index (χ3n) is 3.38. The van der Waals surface area contributed by atoms with E-state index in [9.17, 15) is 9.90 Å². The number of imidazole rings is 1. The Balaban J connectivity index is 2.03. The van der Waals surface area contributed by atoms with Crippen molar-refractivity contribution in [2.24, 2.45) is 0 Å². The van der Waals surface area contributed by atoms with Gasteiger partial charge in [-0.2, -0.15) is 0 Å². The van der Waals surface area contributed by atoms with Gasteiger partial charge in [0.05, 0.1) is 28.1 Å². The first kappa shape index (κ1) is 13.4. The van der Waals surface area contributed by atoms with Crippen molar-refractivity contribution in [2.45, 2.75) is 18.5 Å². The minimum Gasteiger partial charge on any atom is -0.480 e. The number of aromatic nitrogens is 2. The molecule has 2 atom stereocenters.